The average Bonchev–Trinajstić information content (AvgIpc) is 3.24. The SMILES string of the molecule is O=C(COc1ccccc1)N1CCN(c2nnc(-c3ccccc3)o2)CC1. The van der Waals surface area contributed by atoms with Crippen LogP contribution in [-0.4, -0.2) is 53.8 Å². The van der Waals surface area contributed by atoms with E-state index >= 15 is 0 Å². The molecule has 0 bridgehead atoms. The lowest BCUT2D eigenvalue weighted by Crippen LogP contribution is -2.50. The molecule has 0 unspecified atom stereocenters. The van der Waals surface area contributed by atoms with Crippen molar-refractivity contribution in [2.24, 2.45) is 0 Å². The van der Waals surface area contributed by atoms with Gasteiger partial charge in [0.1, 0.15) is 5.75 Å². The number of rotatable bonds is 5. The molecule has 7 nitrogen and oxygen atoms in total. The molecular weight excluding hydrogens is 344 g/mol. The highest BCUT2D eigenvalue weighted by atomic mass is 16.5. The van der Waals surface area contributed by atoms with Crippen LogP contribution in [0.2, 0.25) is 0 Å². The van der Waals surface area contributed by atoms with E-state index in [4.69, 9.17) is 9.15 Å². The summed E-state index contributed by atoms with van der Waals surface area (Å²) >= 11 is 0. The van der Waals surface area contributed by atoms with Crippen molar-refractivity contribution in [1.82, 2.24) is 15.1 Å². The highest BCUT2D eigenvalue weighted by Gasteiger charge is 2.24. The molecular formula is C20H20N4O3. The number of hydrogen-bond donors (Lipinski definition) is 0. The molecule has 1 aliphatic rings. The van der Waals surface area contributed by atoms with E-state index in [-0.39, 0.29) is 12.5 Å². The van der Waals surface area contributed by atoms with E-state index in [1.54, 1.807) is 4.90 Å². The van der Waals surface area contributed by atoms with Crippen molar-refractivity contribution in [2.75, 3.05) is 37.7 Å². The van der Waals surface area contributed by atoms with Gasteiger partial charge in [0.05, 0.1) is 0 Å². The van der Waals surface area contributed by atoms with Crippen molar-refractivity contribution in [1.29, 1.82) is 0 Å². The zero-order valence-corrected chi connectivity index (χ0v) is 14.8. The van der Waals surface area contributed by atoms with E-state index in [1.807, 2.05) is 65.6 Å². The molecule has 1 saturated heterocycles. The minimum Gasteiger partial charge on any atom is -0.484 e. The smallest absolute Gasteiger partial charge is 0.318 e. The maximum atomic E-state index is 12.3. The van der Waals surface area contributed by atoms with Crippen LogP contribution in [0.15, 0.2) is 65.1 Å². The van der Waals surface area contributed by atoms with Gasteiger partial charge in [0.15, 0.2) is 6.61 Å². The molecule has 7 heteroatoms. The number of ether oxygens (including phenoxy) is 1. The molecule has 27 heavy (non-hydrogen) atoms. The Balaban J connectivity index is 1.30. The number of carbonyl (C=O) groups is 1. The van der Waals surface area contributed by atoms with Gasteiger partial charge < -0.3 is 19.0 Å². The molecule has 0 N–H and O–H groups in total. The summed E-state index contributed by atoms with van der Waals surface area (Å²) in [6, 6.07) is 19.5. The normalized spacial score (nSPS) is 14.2. The Bertz CT molecular complexity index is 875. The molecule has 0 atom stereocenters. The summed E-state index contributed by atoms with van der Waals surface area (Å²) in [6.45, 7) is 2.53. The highest BCUT2D eigenvalue weighted by molar-refractivity contribution is 5.78. The molecule has 4 rings (SSSR count). The Kier molecular flexibility index (Phi) is 5.00. The Morgan fingerprint density at radius 2 is 1.59 bits per heavy atom. The zero-order valence-electron chi connectivity index (χ0n) is 14.8. The number of anilines is 1. The molecule has 1 fully saturated rings. The van der Waals surface area contributed by atoms with Gasteiger partial charge in [-0.2, -0.15) is 0 Å². The number of benzene rings is 2. The van der Waals surface area contributed by atoms with Crippen molar-refractivity contribution in [2.45, 2.75) is 0 Å². The van der Waals surface area contributed by atoms with Crippen LogP contribution < -0.4 is 9.64 Å². The molecule has 0 radical (unpaired) electrons. The van der Waals surface area contributed by atoms with Crippen LogP contribution in [0, 0.1) is 0 Å². The molecule has 2 aromatic carbocycles. The van der Waals surface area contributed by atoms with Gasteiger partial charge in [0, 0.05) is 31.7 Å². The molecule has 1 aliphatic heterocycles. The van der Waals surface area contributed by atoms with Crippen molar-refractivity contribution in [3.05, 3.63) is 60.7 Å². The Labute approximate surface area is 157 Å². The largest absolute Gasteiger partial charge is 0.484 e. The summed E-state index contributed by atoms with van der Waals surface area (Å²) in [7, 11) is 0. The van der Waals surface area contributed by atoms with Gasteiger partial charge in [0.2, 0.25) is 5.89 Å². The van der Waals surface area contributed by atoms with Gasteiger partial charge in [-0.25, -0.2) is 0 Å². The summed E-state index contributed by atoms with van der Waals surface area (Å²) in [4.78, 5) is 16.1. The summed E-state index contributed by atoms with van der Waals surface area (Å²) in [5.74, 6) is 1.18. The molecule has 1 aromatic heterocycles. The van der Waals surface area contributed by atoms with Crippen LogP contribution in [-0.2, 0) is 4.79 Å². The minimum absolute atomic E-state index is 0.0194. The van der Waals surface area contributed by atoms with E-state index in [0.29, 0.717) is 43.8 Å². The molecule has 0 spiro atoms. The quantitative estimate of drug-likeness (QED) is 0.693. The first-order chi connectivity index (χ1) is 13.3. The van der Waals surface area contributed by atoms with Crippen molar-refractivity contribution in [3.8, 4) is 17.2 Å². The molecule has 0 saturated carbocycles. The number of aromatic nitrogens is 2. The van der Waals surface area contributed by atoms with Gasteiger partial charge in [-0.15, -0.1) is 5.10 Å². The number of hydrogen-bond acceptors (Lipinski definition) is 6. The van der Waals surface area contributed by atoms with Crippen LogP contribution in [0.5, 0.6) is 5.75 Å². The first-order valence-corrected chi connectivity index (χ1v) is 8.89. The standard InChI is InChI=1S/C20H20N4O3/c25-18(15-26-17-9-5-2-6-10-17)23-11-13-24(14-12-23)20-22-21-19(27-20)16-7-3-1-4-8-16/h1-10H,11-15H2. The lowest BCUT2D eigenvalue weighted by Gasteiger charge is -2.33. The Hall–Kier alpha value is -3.35. The fourth-order valence-electron chi connectivity index (χ4n) is 2.94. The third kappa shape index (κ3) is 4.08. The maximum absolute atomic E-state index is 12.3. The average molecular weight is 364 g/mol. The topological polar surface area (TPSA) is 71.7 Å². The Morgan fingerprint density at radius 1 is 0.926 bits per heavy atom. The Morgan fingerprint density at radius 3 is 2.30 bits per heavy atom. The predicted octanol–water partition coefficient (Wildman–Crippen LogP) is 2.46. The number of para-hydroxylation sites is 1. The van der Waals surface area contributed by atoms with Gasteiger partial charge in [-0.3, -0.25) is 4.79 Å². The first kappa shape index (κ1) is 17.1. The van der Waals surface area contributed by atoms with Gasteiger partial charge in [-0.05, 0) is 24.3 Å². The van der Waals surface area contributed by atoms with E-state index in [0.717, 1.165) is 5.56 Å². The van der Waals surface area contributed by atoms with Crippen molar-refractivity contribution < 1.29 is 13.9 Å². The third-order valence-corrected chi connectivity index (χ3v) is 4.44. The van der Waals surface area contributed by atoms with Crippen LogP contribution in [0.3, 0.4) is 0 Å². The maximum Gasteiger partial charge on any atom is 0.318 e. The molecule has 3 aromatic rings. The number of piperazine rings is 1. The second kappa shape index (κ2) is 7.90. The third-order valence-electron chi connectivity index (χ3n) is 4.44. The number of amides is 1. The van der Waals surface area contributed by atoms with Gasteiger partial charge in [0.25, 0.3) is 5.91 Å². The lowest BCUT2D eigenvalue weighted by molar-refractivity contribution is -0.133. The molecule has 138 valence electrons. The van der Waals surface area contributed by atoms with Crippen molar-refractivity contribution >= 4 is 11.9 Å². The zero-order chi connectivity index (χ0) is 18.5. The summed E-state index contributed by atoms with van der Waals surface area (Å²) < 4.78 is 11.3. The molecule has 2 heterocycles. The van der Waals surface area contributed by atoms with Crippen LogP contribution in [0.4, 0.5) is 6.01 Å². The van der Waals surface area contributed by atoms with Crippen molar-refractivity contribution in [3.63, 3.8) is 0 Å². The number of carbonyl (C=O) groups excluding carboxylic acids is 1. The number of nitrogens with zero attached hydrogens (tertiary/aromatic N) is 4. The summed E-state index contributed by atoms with van der Waals surface area (Å²) in [6.07, 6.45) is 0. The lowest BCUT2D eigenvalue weighted by atomic mass is 10.2. The summed E-state index contributed by atoms with van der Waals surface area (Å²) in [5, 5.41) is 8.26. The van der Waals surface area contributed by atoms with E-state index in [1.165, 1.54) is 0 Å². The van der Waals surface area contributed by atoms with Crippen LogP contribution in [0.25, 0.3) is 11.5 Å². The second-order valence-corrected chi connectivity index (χ2v) is 6.23. The van der Waals surface area contributed by atoms with E-state index < -0.39 is 0 Å². The van der Waals surface area contributed by atoms with Gasteiger partial charge >= 0.3 is 6.01 Å². The minimum atomic E-state index is -0.0194. The van der Waals surface area contributed by atoms with Gasteiger partial charge in [-0.1, -0.05) is 41.5 Å². The highest BCUT2D eigenvalue weighted by Crippen LogP contribution is 2.22. The first-order valence-electron chi connectivity index (χ1n) is 8.89. The predicted molar refractivity (Wildman–Crippen MR) is 100 cm³/mol. The fourth-order valence-corrected chi connectivity index (χ4v) is 2.94. The van der Waals surface area contributed by atoms with E-state index in [2.05, 4.69) is 10.2 Å². The molecule has 0 aliphatic carbocycles. The second-order valence-electron chi connectivity index (χ2n) is 6.23. The fraction of sp³-hybridized carbons (Fsp3) is 0.250. The van der Waals surface area contributed by atoms with Crippen LogP contribution in [0.1, 0.15) is 0 Å². The van der Waals surface area contributed by atoms with E-state index in [9.17, 15) is 4.79 Å². The summed E-state index contributed by atoms with van der Waals surface area (Å²) in [5.41, 5.74) is 0.892. The molecule has 1 amide bonds. The van der Waals surface area contributed by atoms with Crippen LogP contribution >= 0.6 is 0 Å². The monoisotopic (exact) mass is 364 g/mol.